The molecule has 0 saturated heterocycles. The predicted octanol–water partition coefficient (Wildman–Crippen LogP) is 9.67. The normalized spacial score (nSPS) is 12.5. The Labute approximate surface area is 304 Å². The lowest BCUT2D eigenvalue weighted by atomic mass is 9.98. The van der Waals surface area contributed by atoms with Crippen LogP contribution in [0.1, 0.15) is 39.5 Å². The topological polar surface area (TPSA) is 111 Å². The van der Waals surface area contributed by atoms with Crippen LogP contribution in [0.25, 0.3) is 11.1 Å². The minimum absolute atomic E-state index is 0.0372. The van der Waals surface area contributed by atoms with Gasteiger partial charge in [-0.2, -0.15) is 26.3 Å². The number of rotatable bonds is 11. The van der Waals surface area contributed by atoms with Crippen molar-refractivity contribution >= 4 is 39.2 Å². The lowest BCUT2D eigenvalue weighted by Gasteiger charge is -2.21. The quantitative estimate of drug-likeness (QED) is 0.102. The second-order valence-corrected chi connectivity index (χ2v) is 13.5. The molecule has 0 aliphatic heterocycles. The number of alkyl halides is 6. The van der Waals surface area contributed by atoms with E-state index in [0.717, 1.165) is 36.4 Å². The Balaban J connectivity index is 1.45. The van der Waals surface area contributed by atoms with Crippen molar-refractivity contribution in [2.24, 2.45) is 0 Å². The van der Waals surface area contributed by atoms with Gasteiger partial charge in [-0.1, -0.05) is 72.3 Å². The summed E-state index contributed by atoms with van der Waals surface area (Å²) >= 11 is 6.10. The van der Waals surface area contributed by atoms with Gasteiger partial charge in [0.2, 0.25) is 0 Å². The van der Waals surface area contributed by atoms with E-state index < -0.39 is 67.6 Å². The molecule has 1 amide bonds. The summed E-state index contributed by atoms with van der Waals surface area (Å²) in [6.07, 6.45) is -11.0. The van der Waals surface area contributed by atoms with Gasteiger partial charge in [0, 0.05) is 10.6 Å². The van der Waals surface area contributed by atoms with Gasteiger partial charge in [0.1, 0.15) is 11.5 Å². The number of amides is 1. The van der Waals surface area contributed by atoms with Gasteiger partial charge in [0.15, 0.2) is 0 Å². The van der Waals surface area contributed by atoms with Gasteiger partial charge in [-0.05, 0) is 65.7 Å². The first-order valence-corrected chi connectivity index (χ1v) is 17.2. The highest BCUT2D eigenvalue weighted by atomic mass is 35.5. The highest BCUT2D eigenvalue weighted by molar-refractivity contribution is 7.92. The van der Waals surface area contributed by atoms with Gasteiger partial charge < -0.3 is 14.8 Å². The fraction of sp³-hybridized carbons (Fsp3) is 0.135. The van der Waals surface area contributed by atoms with Crippen molar-refractivity contribution in [3.05, 3.63) is 143 Å². The van der Waals surface area contributed by atoms with E-state index in [1.807, 2.05) is 41.1 Å². The fourth-order valence-corrected chi connectivity index (χ4v) is 6.44. The van der Waals surface area contributed by atoms with Crippen LogP contribution in [-0.2, 0) is 31.9 Å². The van der Waals surface area contributed by atoms with Gasteiger partial charge in [-0.15, -0.1) is 0 Å². The van der Waals surface area contributed by atoms with Crippen molar-refractivity contribution in [3.8, 4) is 22.6 Å². The molecule has 0 aliphatic carbocycles. The number of halogens is 7. The van der Waals surface area contributed by atoms with Crippen LogP contribution in [0.15, 0.2) is 120 Å². The third-order valence-corrected chi connectivity index (χ3v) is 9.31. The van der Waals surface area contributed by atoms with E-state index in [1.165, 1.54) is 0 Å². The molecule has 0 aromatic heterocycles. The summed E-state index contributed by atoms with van der Waals surface area (Å²) in [5.74, 6) is -0.551. The van der Waals surface area contributed by atoms with Crippen molar-refractivity contribution in [2.75, 3.05) is 11.8 Å². The van der Waals surface area contributed by atoms with Crippen LogP contribution < -0.4 is 14.8 Å². The van der Waals surface area contributed by atoms with E-state index in [9.17, 15) is 44.3 Å². The molecular formula is C37H27ClF6N2O6S. The minimum atomic E-state index is -5.32. The molecule has 276 valence electrons. The number of hydrogen-bond donors (Lipinski definition) is 2. The molecule has 5 rings (SSSR count). The average Bonchev–Trinajstić information content (AvgIpc) is 3.11. The lowest BCUT2D eigenvalue weighted by molar-refractivity contribution is -0.143. The molecule has 16 heteroatoms. The number of anilines is 1. The minimum Gasteiger partial charge on any atom is -0.469 e. The van der Waals surface area contributed by atoms with E-state index in [1.54, 1.807) is 42.5 Å². The van der Waals surface area contributed by atoms with Crippen LogP contribution in [0, 0.1) is 0 Å². The number of methoxy groups -OCH3 is 1. The Kier molecular flexibility index (Phi) is 11.4. The monoisotopic (exact) mass is 776 g/mol. The number of sulfonamides is 1. The summed E-state index contributed by atoms with van der Waals surface area (Å²) in [5, 5.41) is 2.55. The first kappa shape index (κ1) is 38.7. The molecule has 0 fully saturated rings. The number of carbonyl (C=O) groups excluding carboxylic acids is 2. The maximum Gasteiger partial charge on any atom is 0.416 e. The summed E-state index contributed by atoms with van der Waals surface area (Å²) in [5.41, 5.74) is -2.82. The van der Waals surface area contributed by atoms with E-state index in [4.69, 9.17) is 21.1 Å². The van der Waals surface area contributed by atoms with Gasteiger partial charge in [0.05, 0.1) is 46.8 Å². The number of para-hydroxylation sites is 2. The number of ether oxygens (including phenoxy) is 2. The molecule has 8 nitrogen and oxygen atoms in total. The zero-order chi connectivity index (χ0) is 38.6. The molecule has 1 unspecified atom stereocenters. The predicted molar refractivity (Wildman–Crippen MR) is 184 cm³/mol. The van der Waals surface area contributed by atoms with Crippen molar-refractivity contribution < 1.29 is 53.8 Å². The molecule has 5 aromatic carbocycles. The zero-order valence-corrected chi connectivity index (χ0v) is 28.8. The third kappa shape index (κ3) is 9.67. The Morgan fingerprint density at radius 2 is 1.38 bits per heavy atom. The smallest absolute Gasteiger partial charge is 0.416 e. The van der Waals surface area contributed by atoms with Crippen molar-refractivity contribution in [3.63, 3.8) is 0 Å². The average molecular weight is 777 g/mol. The highest BCUT2D eigenvalue weighted by Gasteiger charge is 2.38. The summed E-state index contributed by atoms with van der Waals surface area (Å²) in [4.78, 5) is 24.8. The molecule has 0 radical (unpaired) electrons. The fourth-order valence-electron chi connectivity index (χ4n) is 5.12. The molecule has 2 N–H and O–H groups in total. The number of nitrogens with one attached hydrogen (secondary N) is 2. The van der Waals surface area contributed by atoms with Crippen LogP contribution in [0.2, 0.25) is 5.02 Å². The molecule has 0 spiro atoms. The summed E-state index contributed by atoms with van der Waals surface area (Å²) in [6, 6.07) is 25.0. The van der Waals surface area contributed by atoms with Crippen LogP contribution in [0.4, 0.5) is 32.0 Å². The molecule has 53 heavy (non-hydrogen) atoms. The number of benzene rings is 5. The summed E-state index contributed by atoms with van der Waals surface area (Å²) in [6.45, 7) is 0. The van der Waals surface area contributed by atoms with Gasteiger partial charge in [0.25, 0.3) is 15.9 Å². The van der Waals surface area contributed by atoms with E-state index in [-0.39, 0.29) is 29.6 Å². The Morgan fingerprint density at radius 3 is 1.98 bits per heavy atom. The standard InChI is InChI=1S/C37H27ClF6N2O6S/c1-51-34(47)21-32(23-13-11-22(12-14-23)29-9-5-6-10-33(29)52-27-7-3-2-4-8-27)45-35(48)30-20-26(38)15-16-31(30)46-53(49,50)28-18-24(36(39,40)41)17-25(19-28)37(42,43)44/h2-20,32,46H,21H2,1H3,(H,45,48). The first-order valence-electron chi connectivity index (χ1n) is 15.4. The number of hydrogen-bond acceptors (Lipinski definition) is 6. The van der Waals surface area contributed by atoms with Crippen LogP contribution in [-0.4, -0.2) is 27.4 Å². The lowest BCUT2D eigenvalue weighted by Crippen LogP contribution is -2.31. The van der Waals surface area contributed by atoms with Gasteiger partial charge >= 0.3 is 18.3 Å². The second kappa shape index (κ2) is 15.6. The highest BCUT2D eigenvalue weighted by Crippen LogP contribution is 2.38. The molecule has 0 bridgehead atoms. The maximum absolute atomic E-state index is 13.7. The number of esters is 1. The molecular weight excluding hydrogens is 750 g/mol. The van der Waals surface area contributed by atoms with Crippen LogP contribution in [0.3, 0.4) is 0 Å². The Morgan fingerprint density at radius 1 is 0.774 bits per heavy atom. The molecule has 0 aliphatic rings. The van der Waals surface area contributed by atoms with Crippen molar-refractivity contribution in [1.29, 1.82) is 0 Å². The number of carbonyl (C=O) groups is 2. The van der Waals surface area contributed by atoms with Gasteiger partial charge in [-0.3, -0.25) is 14.3 Å². The molecule has 5 aromatic rings. The van der Waals surface area contributed by atoms with Gasteiger partial charge in [-0.25, -0.2) is 8.42 Å². The largest absolute Gasteiger partial charge is 0.469 e. The summed E-state index contributed by atoms with van der Waals surface area (Å²) < 4.78 is 120. The van der Waals surface area contributed by atoms with Crippen molar-refractivity contribution in [1.82, 2.24) is 5.32 Å². The Hall–Kier alpha value is -5.54. The third-order valence-electron chi connectivity index (χ3n) is 7.73. The second-order valence-electron chi connectivity index (χ2n) is 11.4. The van der Waals surface area contributed by atoms with E-state index in [2.05, 4.69) is 5.32 Å². The summed E-state index contributed by atoms with van der Waals surface area (Å²) in [7, 11) is -4.03. The van der Waals surface area contributed by atoms with Crippen LogP contribution >= 0.6 is 11.6 Å². The maximum atomic E-state index is 13.7. The van der Waals surface area contributed by atoms with E-state index >= 15 is 0 Å². The Bertz CT molecular complexity index is 2200. The SMILES string of the molecule is COC(=O)CC(NC(=O)c1cc(Cl)ccc1NS(=O)(=O)c1cc(C(F)(F)F)cc(C(F)(F)F)c1)c1ccc(-c2ccccc2Oc2ccccc2)cc1. The first-order chi connectivity index (χ1) is 24.9. The van der Waals surface area contributed by atoms with Crippen molar-refractivity contribution in [2.45, 2.75) is 29.7 Å². The molecule has 1 atom stereocenters. The molecule has 0 heterocycles. The zero-order valence-electron chi connectivity index (χ0n) is 27.3. The van der Waals surface area contributed by atoms with E-state index in [0.29, 0.717) is 17.1 Å². The molecule has 0 saturated carbocycles. The van der Waals surface area contributed by atoms with Crippen LogP contribution in [0.5, 0.6) is 11.5 Å².